The molecule has 2 heteroatoms. The highest BCUT2D eigenvalue weighted by Gasteiger charge is 2.16. The Morgan fingerprint density at radius 1 is 0.778 bits per heavy atom. The van der Waals surface area contributed by atoms with Gasteiger partial charge in [0.25, 0.3) is 0 Å². The number of unbranched alkanes of at least 4 members (excludes halogenated alkanes) is 2. The van der Waals surface area contributed by atoms with Gasteiger partial charge < -0.3 is 5.11 Å². The van der Waals surface area contributed by atoms with Crippen molar-refractivity contribution in [1.29, 1.82) is 0 Å². The van der Waals surface area contributed by atoms with Crippen LogP contribution in [0, 0.1) is 17.8 Å². The molecule has 0 saturated carbocycles. The van der Waals surface area contributed by atoms with Gasteiger partial charge in [-0.1, -0.05) is 66.2 Å². The summed E-state index contributed by atoms with van der Waals surface area (Å²) in [5.74, 6) is 0.752. The number of hydrogen-bond acceptors (Lipinski definition) is 1. The van der Waals surface area contributed by atoms with Crippen LogP contribution in [0.25, 0.3) is 0 Å². The Bertz CT molecular complexity index is 209. The normalized spacial score (nSPS) is 13.2. The fraction of sp³-hybridized carbons (Fsp3) is 0.938. The smallest absolute Gasteiger partial charge is 0.306 e. The summed E-state index contributed by atoms with van der Waals surface area (Å²) < 4.78 is 0. The minimum Gasteiger partial charge on any atom is -0.481 e. The zero-order chi connectivity index (χ0) is 14.0. The van der Waals surface area contributed by atoms with Gasteiger partial charge in [-0.15, -0.1) is 0 Å². The third-order valence-corrected chi connectivity index (χ3v) is 3.52. The summed E-state index contributed by atoms with van der Waals surface area (Å²) in [5.41, 5.74) is 0. The maximum atomic E-state index is 11.1. The lowest BCUT2D eigenvalue weighted by molar-refractivity contribution is -0.142. The summed E-state index contributed by atoms with van der Waals surface area (Å²) in [6, 6.07) is 0. The molecule has 1 atom stereocenters. The SMILES string of the molecule is CC(C)CCCCCC(CCCC(C)C)C(=O)O. The minimum absolute atomic E-state index is 0.109. The maximum absolute atomic E-state index is 11.1. The van der Waals surface area contributed by atoms with E-state index in [0.29, 0.717) is 5.92 Å². The topological polar surface area (TPSA) is 37.3 Å². The van der Waals surface area contributed by atoms with Crippen molar-refractivity contribution >= 4 is 5.97 Å². The summed E-state index contributed by atoms with van der Waals surface area (Å²) >= 11 is 0. The molecule has 1 N–H and O–H groups in total. The predicted octanol–water partition coefficient (Wildman–Crippen LogP) is 5.12. The Morgan fingerprint density at radius 2 is 1.22 bits per heavy atom. The third-order valence-electron chi connectivity index (χ3n) is 3.52. The highest BCUT2D eigenvalue weighted by Crippen LogP contribution is 2.20. The Labute approximate surface area is 113 Å². The molecule has 0 radical (unpaired) electrons. The quantitative estimate of drug-likeness (QED) is 0.521. The Morgan fingerprint density at radius 3 is 1.72 bits per heavy atom. The van der Waals surface area contributed by atoms with Gasteiger partial charge in [-0.25, -0.2) is 0 Å². The fourth-order valence-corrected chi connectivity index (χ4v) is 2.28. The number of carboxylic acids is 1. The molecule has 0 fully saturated rings. The highest BCUT2D eigenvalue weighted by molar-refractivity contribution is 5.69. The van der Waals surface area contributed by atoms with Crippen molar-refractivity contribution in [3.05, 3.63) is 0 Å². The summed E-state index contributed by atoms with van der Waals surface area (Å²) in [4.78, 5) is 11.1. The number of hydrogen-bond donors (Lipinski definition) is 1. The largest absolute Gasteiger partial charge is 0.481 e. The average molecular weight is 256 g/mol. The third kappa shape index (κ3) is 10.6. The molecule has 0 aromatic heterocycles. The van der Waals surface area contributed by atoms with Crippen molar-refractivity contribution < 1.29 is 9.90 Å². The number of carboxylic acid groups (broad SMARTS) is 1. The van der Waals surface area contributed by atoms with Crippen molar-refractivity contribution in [2.24, 2.45) is 17.8 Å². The van der Waals surface area contributed by atoms with Gasteiger partial charge in [0.1, 0.15) is 0 Å². The second kappa shape index (κ2) is 10.4. The van der Waals surface area contributed by atoms with Gasteiger partial charge in [-0.2, -0.15) is 0 Å². The van der Waals surface area contributed by atoms with Gasteiger partial charge in [0.05, 0.1) is 5.92 Å². The first-order chi connectivity index (χ1) is 8.43. The van der Waals surface area contributed by atoms with Crippen LogP contribution in [-0.2, 0) is 4.79 Å². The van der Waals surface area contributed by atoms with Gasteiger partial charge in [0, 0.05) is 0 Å². The number of rotatable bonds is 11. The average Bonchev–Trinajstić information content (AvgIpc) is 2.25. The molecule has 18 heavy (non-hydrogen) atoms. The van der Waals surface area contributed by atoms with E-state index in [1.165, 1.54) is 19.3 Å². The number of carbonyl (C=O) groups is 1. The highest BCUT2D eigenvalue weighted by atomic mass is 16.4. The summed E-state index contributed by atoms with van der Waals surface area (Å²) in [5, 5.41) is 9.18. The van der Waals surface area contributed by atoms with Crippen LogP contribution in [0.2, 0.25) is 0 Å². The monoisotopic (exact) mass is 256 g/mol. The van der Waals surface area contributed by atoms with Crippen molar-refractivity contribution in [2.45, 2.75) is 79.1 Å². The van der Waals surface area contributed by atoms with Crippen molar-refractivity contribution in [2.75, 3.05) is 0 Å². The first kappa shape index (κ1) is 17.5. The molecule has 0 bridgehead atoms. The van der Waals surface area contributed by atoms with E-state index in [9.17, 15) is 9.90 Å². The zero-order valence-corrected chi connectivity index (χ0v) is 12.7. The molecule has 0 rings (SSSR count). The van der Waals surface area contributed by atoms with Crippen LogP contribution in [0.3, 0.4) is 0 Å². The molecule has 0 saturated heterocycles. The molecule has 2 nitrogen and oxygen atoms in total. The Hall–Kier alpha value is -0.530. The lowest BCUT2D eigenvalue weighted by atomic mass is 9.93. The second-order valence-electron chi connectivity index (χ2n) is 6.39. The van der Waals surface area contributed by atoms with Gasteiger partial charge in [0.15, 0.2) is 0 Å². The molecule has 0 heterocycles. The van der Waals surface area contributed by atoms with E-state index in [1.54, 1.807) is 0 Å². The standard InChI is InChI=1S/C16H32O2/c1-13(2)9-6-5-7-11-15(16(17)18)12-8-10-14(3)4/h13-15H,5-12H2,1-4H3,(H,17,18). The van der Waals surface area contributed by atoms with E-state index in [4.69, 9.17) is 0 Å². The lowest BCUT2D eigenvalue weighted by Gasteiger charge is -2.13. The molecule has 0 aliphatic rings. The van der Waals surface area contributed by atoms with E-state index in [-0.39, 0.29) is 5.92 Å². The molecule has 0 aliphatic heterocycles. The first-order valence-electron chi connectivity index (χ1n) is 7.66. The molecule has 1 unspecified atom stereocenters. The van der Waals surface area contributed by atoms with Crippen LogP contribution >= 0.6 is 0 Å². The van der Waals surface area contributed by atoms with Gasteiger partial charge in [-0.05, 0) is 24.7 Å². The summed E-state index contributed by atoms with van der Waals surface area (Å²) in [6.07, 6.45) is 8.71. The number of aliphatic carboxylic acids is 1. The first-order valence-corrected chi connectivity index (χ1v) is 7.66. The fourth-order valence-electron chi connectivity index (χ4n) is 2.28. The Kier molecular flexibility index (Phi) is 10.1. The molecule has 0 aromatic carbocycles. The van der Waals surface area contributed by atoms with Crippen LogP contribution in [0.4, 0.5) is 0 Å². The molecular formula is C16H32O2. The van der Waals surface area contributed by atoms with E-state index >= 15 is 0 Å². The van der Waals surface area contributed by atoms with Crippen LogP contribution in [-0.4, -0.2) is 11.1 Å². The molecule has 0 amide bonds. The van der Waals surface area contributed by atoms with Crippen molar-refractivity contribution in [1.82, 2.24) is 0 Å². The van der Waals surface area contributed by atoms with Crippen molar-refractivity contribution in [3.8, 4) is 0 Å². The van der Waals surface area contributed by atoms with Gasteiger partial charge >= 0.3 is 5.97 Å². The van der Waals surface area contributed by atoms with E-state index in [0.717, 1.165) is 38.0 Å². The molecule has 108 valence electrons. The van der Waals surface area contributed by atoms with Gasteiger partial charge in [0.2, 0.25) is 0 Å². The lowest BCUT2D eigenvalue weighted by Crippen LogP contribution is -2.14. The van der Waals surface area contributed by atoms with E-state index in [1.807, 2.05) is 0 Å². The molecule has 0 aliphatic carbocycles. The predicted molar refractivity (Wildman–Crippen MR) is 77.7 cm³/mol. The van der Waals surface area contributed by atoms with Crippen LogP contribution in [0.15, 0.2) is 0 Å². The van der Waals surface area contributed by atoms with Crippen LogP contribution in [0.5, 0.6) is 0 Å². The minimum atomic E-state index is -0.595. The van der Waals surface area contributed by atoms with E-state index < -0.39 is 5.97 Å². The second-order valence-corrected chi connectivity index (χ2v) is 6.39. The summed E-state index contributed by atoms with van der Waals surface area (Å²) in [6.45, 7) is 8.88. The van der Waals surface area contributed by atoms with Crippen LogP contribution < -0.4 is 0 Å². The molecular weight excluding hydrogens is 224 g/mol. The van der Waals surface area contributed by atoms with E-state index in [2.05, 4.69) is 27.7 Å². The maximum Gasteiger partial charge on any atom is 0.306 e. The zero-order valence-electron chi connectivity index (χ0n) is 12.7. The van der Waals surface area contributed by atoms with Crippen molar-refractivity contribution in [3.63, 3.8) is 0 Å². The van der Waals surface area contributed by atoms with Gasteiger partial charge in [-0.3, -0.25) is 4.79 Å². The molecule has 0 aromatic rings. The Balaban J connectivity index is 3.67. The van der Waals surface area contributed by atoms with Crippen LogP contribution in [0.1, 0.15) is 79.1 Å². The summed E-state index contributed by atoms with van der Waals surface area (Å²) in [7, 11) is 0. The molecule has 0 spiro atoms.